The third-order valence-corrected chi connectivity index (χ3v) is 6.45. The Morgan fingerprint density at radius 1 is 1.25 bits per heavy atom. The summed E-state index contributed by atoms with van der Waals surface area (Å²) in [6.07, 6.45) is 1.25. The largest absolute Gasteiger partial charge is 0.480 e. The first-order chi connectivity index (χ1) is 15.1. The van der Waals surface area contributed by atoms with Gasteiger partial charge < -0.3 is 15.8 Å². The van der Waals surface area contributed by atoms with E-state index in [0.717, 1.165) is 49.2 Å². The van der Waals surface area contributed by atoms with Crippen molar-refractivity contribution in [2.24, 2.45) is 11.7 Å². The number of hydrogen-bond donors (Lipinski definition) is 2. The van der Waals surface area contributed by atoms with E-state index in [4.69, 9.17) is 22.1 Å². The van der Waals surface area contributed by atoms with Gasteiger partial charge in [-0.1, -0.05) is 11.6 Å². The number of aromatic nitrogens is 1. The number of nitrogens with two attached hydrogens (primary N) is 1. The summed E-state index contributed by atoms with van der Waals surface area (Å²) in [6, 6.07) is 3.78. The molecular weight excluding hydrogens is 443 g/mol. The number of rotatable bonds is 7. The van der Waals surface area contributed by atoms with Crippen LogP contribution in [0.25, 0.3) is 0 Å². The molecule has 0 unspecified atom stereocenters. The van der Waals surface area contributed by atoms with Crippen LogP contribution in [0.4, 0.5) is 18.9 Å². The zero-order valence-electron chi connectivity index (χ0n) is 18.1. The van der Waals surface area contributed by atoms with Gasteiger partial charge in [0, 0.05) is 12.7 Å². The van der Waals surface area contributed by atoms with E-state index in [0.29, 0.717) is 30.2 Å². The van der Waals surface area contributed by atoms with E-state index in [2.05, 4.69) is 10.3 Å². The van der Waals surface area contributed by atoms with E-state index >= 15 is 0 Å². The van der Waals surface area contributed by atoms with E-state index in [-0.39, 0.29) is 16.5 Å². The van der Waals surface area contributed by atoms with Crippen molar-refractivity contribution in [3.8, 4) is 5.88 Å². The van der Waals surface area contributed by atoms with Crippen molar-refractivity contribution in [3.63, 3.8) is 0 Å². The van der Waals surface area contributed by atoms with Gasteiger partial charge in [-0.05, 0) is 80.2 Å². The number of amides is 1. The minimum absolute atomic E-state index is 0.0367. The number of hydrogen-bond acceptors (Lipinski definition) is 4. The number of alkyl halides is 3. The summed E-state index contributed by atoms with van der Waals surface area (Å²) in [6.45, 7) is 2.70. The van der Waals surface area contributed by atoms with Crippen LogP contribution in [-0.2, 0) is 6.18 Å². The number of carbonyl (C=O) groups is 1. The number of nitrogens with zero attached hydrogens (tertiary/aromatic N) is 1. The van der Waals surface area contributed by atoms with Crippen molar-refractivity contribution in [3.05, 3.63) is 51.7 Å². The highest BCUT2D eigenvalue weighted by Crippen LogP contribution is 2.43. The van der Waals surface area contributed by atoms with Gasteiger partial charge in [0.2, 0.25) is 11.8 Å². The minimum atomic E-state index is -4.57. The van der Waals surface area contributed by atoms with Crippen LogP contribution < -0.4 is 15.8 Å². The molecule has 1 aliphatic rings. The van der Waals surface area contributed by atoms with Crippen LogP contribution in [-0.4, -0.2) is 24.5 Å². The summed E-state index contributed by atoms with van der Waals surface area (Å²) in [5.74, 6) is -0.0946. The van der Waals surface area contributed by atoms with Crippen molar-refractivity contribution >= 4 is 23.2 Å². The Labute approximate surface area is 190 Å². The summed E-state index contributed by atoms with van der Waals surface area (Å²) < 4.78 is 45.2. The summed E-state index contributed by atoms with van der Waals surface area (Å²) in [5, 5.41) is 3.40. The van der Waals surface area contributed by atoms with Gasteiger partial charge in [-0.15, -0.1) is 0 Å². The third kappa shape index (κ3) is 5.65. The summed E-state index contributed by atoms with van der Waals surface area (Å²) in [5.41, 5.74) is 6.34. The second-order valence-corrected chi connectivity index (χ2v) is 8.67. The number of methoxy groups -OCH3 is 1. The van der Waals surface area contributed by atoms with Crippen molar-refractivity contribution in [1.29, 1.82) is 0 Å². The van der Waals surface area contributed by atoms with E-state index < -0.39 is 17.6 Å². The molecule has 0 aliphatic heterocycles. The quantitative estimate of drug-likeness (QED) is 0.525. The second kappa shape index (κ2) is 9.98. The first-order valence-electron chi connectivity index (χ1n) is 10.5. The molecule has 0 atom stereocenters. The maximum absolute atomic E-state index is 13.3. The number of nitrogens with one attached hydrogen (secondary N) is 1. The maximum Gasteiger partial charge on any atom is 0.416 e. The molecule has 32 heavy (non-hydrogen) atoms. The Hall–Kier alpha value is -2.48. The van der Waals surface area contributed by atoms with Crippen LogP contribution in [0.1, 0.15) is 65.1 Å². The highest BCUT2D eigenvalue weighted by atomic mass is 35.5. The van der Waals surface area contributed by atoms with Crippen LogP contribution in [0.15, 0.2) is 24.4 Å². The Morgan fingerprint density at radius 2 is 1.94 bits per heavy atom. The van der Waals surface area contributed by atoms with Crippen molar-refractivity contribution in [1.82, 2.24) is 4.98 Å². The van der Waals surface area contributed by atoms with Crippen LogP contribution in [0.5, 0.6) is 5.88 Å². The number of anilines is 1. The molecule has 1 saturated carbocycles. The molecule has 174 valence electrons. The van der Waals surface area contributed by atoms with E-state index in [9.17, 15) is 18.0 Å². The van der Waals surface area contributed by atoms with Crippen molar-refractivity contribution in [2.45, 2.75) is 51.1 Å². The fraction of sp³-hybridized carbons (Fsp3) is 0.478. The lowest BCUT2D eigenvalue weighted by Gasteiger charge is -2.30. The van der Waals surface area contributed by atoms with Gasteiger partial charge in [0.15, 0.2) is 0 Å². The number of pyridine rings is 1. The summed E-state index contributed by atoms with van der Waals surface area (Å²) in [4.78, 5) is 15.9. The van der Waals surface area contributed by atoms with Crippen LogP contribution in [0.3, 0.4) is 0 Å². The van der Waals surface area contributed by atoms with E-state index in [1.165, 1.54) is 0 Å². The predicted octanol–water partition coefficient (Wildman–Crippen LogP) is 5.95. The maximum atomic E-state index is 13.3. The normalized spacial score (nSPS) is 18.9. The highest BCUT2D eigenvalue weighted by Gasteiger charge is 2.34. The van der Waals surface area contributed by atoms with Crippen LogP contribution >= 0.6 is 11.6 Å². The zero-order valence-corrected chi connectivity index (χ0v) is 18.8. The Morgan fingerprint density at radius 3 is 2.53 bits per heavy atom. The molecule has 3 N–H and O–H groups in total. The van der Waals surface area contributed by atoms with Gasteiger partial charge in [0.25, 0.3) is 0 Å². The number of primary amides is 1. The highest BCUT2D eigenvalue weighted by molar-refractivity contribution is 6.34. The molecule has 1 fully saturated rings. The third-order valence-electron chi connectivity index (χ3n) is 6.03. The van der Waals surface area contributed by atoms with Crippen LogP contribution in [0, 0.1) is 12.8 Å². The zero-order chi connectivity index (χ0) is 23.5. The Kier molecular flexibility index (Phi) is 7.54. The van der Waals surface area contributed by atoms with Gasteiger partial charge in [-0.2, -0.15) is 13.2 Å². The molecule has 0 bridgehead atoms. The van der Waals surface area contributed by atoms with Gasteiger partial charge in [0.05, 0.1) is 28.9 Å². The molecule has 1 aliphatic carbocycles. The molecule has 3 rings (SSSR count). The average Bonchev–Trinajstić information content (AvgIpc) is 2.73. The number of ether oxygens (including phenoxy) is 1. The molecule has 0 saturated heterocycles. The van der Waals surface area contributed by atoms with Gasteiger partial charge in [0.1, 0.15) is 0 Å². The second-order valence-electron chi connectivity index (χ2n) is 8.29. The number of aryl methyl sites for hydroxylation is 1. The van der Waals surface area contributed by atoms with E-state index in [1.54, 1.807) is 13.3 Å². The Balaban J connectivity index is 1.63. The monoisotopic (exact) mass is 469 g/mol. The van der Waals surface area contributed by atoms with Gasteiger partial charge in [-0.3, -0.25) is 4.79 Å². The molecule has 0 spiro atoms. The number of benzene rings is 1. The first-order valence-corrected chi connectivity index (χ1v) is 10.9. The summed E-state index contributed by atoms with van der Waals surface area (Å²) in [7, 11) is 1.58. The predicted molar refractivity (Wildman–Crippen MR) is 118 cm³/mol. The molecule has 1 aromatic carbocycles. The molecular formula is C23H27ClF3N3O2. The smallest absolute Gasteiger partial charge is 0.416 e. The lowest BCUT2D eigenvalue weighted by atomic mass is 9.77. The molecule has 5 nitrogen and oxygen atoms in total. The van der Waals surface area contributed by atoms with Crippen molar-refractivity contribution < 1.29 is 22.7 Å². The molecule has 2 aromatic rings. The average molecular weight is 470 g/mol. The molecule has 1 heterocycles. The summed E-state index contributed by atoms with van der Waals surface area (Å²) >= 11 is 6.29. The molecule has 1 aromatic heterocycles. The lowest BCUT2D eigenvalue weighted by Crippen LogP contribution is -2.19. The minimum Gasteiger partial charge on any atom is -0.480 e. The van der Waals surface area contributed by atoms with Gasteiger partial charge in [-0.25, -0.2) is 4.98 Å². The fourth-order valence-electron chi connectivity index (χ4n) is 4.31. The standard InChI is InChI=1S/C23H27ClF3N3O2/c1-13-9-19(22(32-2)30-12-13)29-8-7-14-3-5-15(6-4-14)17-10-16(23(25,26)27)11-18(20(17)24)21(28)31/h9-12,14-15,29H,3-8H2,1-2H3,(H2,28,31). The van der Waals surface area contributed by atoms with Crippen LogP contribution in [0.2, 0.25) is 5.02 Å². The fourth-order valence-corrected chi connectivity index (χ4v) is 4.66. The molecule has 9 heteroatoms. The van der Waals surface area contributed by atoms with Gasteiger partial charge >= 0.3 is 6.18 Å². The van der Waals surface area contributed by atoms with E-state index in [1.807, 2.05) is 13.0 Å². The molecule has 0 radical (unpaired) electrons. The Bertz CT molecular complexity index is 974. The first kappa shape index (κ1) is 24.2. The molecule has 1 amide bonds. The topological polar surface area (TPSA) is 77.2 Å². The lowest BCUT2D eigenvalue weighted by molar-refractivity contribution is -0.137. The van der Waals surface area contributed by atoms with Crippen molar-refractivity contribution in [2.75, 3.05) is 19.0 Å². The number of carbonyl (C=O) groups excluding carboxylic acids is 1. The number of halogens is 4. The SMILES string of the molecule is COc1ncc(C)cc1NCCC1CCC(c2cc(C(F)(F)F)cc(C(N)=O)c2Cl)CC1.